The van der Waals surface area contributed by atoms with Crippen molar-refractivity contribution in [3.05, 3.63) is 59.5 Å². The molecule has 1 atom stereocenters. The van der Waals surface area contributed by atoms with E-state index in [4.69, 9.17) is 4.42 Å². The molecule has 1 heterocycles. The smallest absolute Gasteiger partial charge is 0.416 e. The molecule has 0 amide bonds. The van der Waals surface area contributed by atoms with Gasteiger partial charge in [0.15, 0.2) is 0 Å². The third-order valence-corrected chi connectivity index (χ3v) is 3.00. The van der Waals surface area contributed by atoms with Gasteiger partial charge in [0.2, 0.25) is 0 Å². The van der Waals surface area contributed by atoms with Crippen molar-refractivity contribution in [2.45, 2.75) is 25.6 Å². The highest BCUT2D eigenvalue weighted by Gasteiger charge is 2.35. The first-order chi connectivity index (χ1) is 9.54. The van der Waals surface area contributed by atoms with Crippen LogP contribution < -0.4 is 5.32 Å². The van der Waals surface area contributed by atoms with Gasteiger partial charge in [-0.15, -0.1) is 0 Å². The number of rotatable bonds is 5. The van der Waals surface area contributed by atoms with E-state index in [0.29, 0.717) is 12.3 Å². The fraction of sp³-hybridized carbons (Fsp3) is 0.333. The molecule has 20 heavy (non-hydrogen) atoms. The molecule has 2 aromatic rings. The lowest BCUT2D eigenvalue weighted by atomic mass is 9.98. The van der Waals surface area contributed by atoms with Gasteiger partial charge in [-0.2, -0.15) is 13.2 Å². The third kappa shape index (κ3) is 3.22. The van der Waals surface area contributed by atoms with Gasteiger partial charge in [-0.25, -0.2) is 0 Å². The van der Waals surface area contributed by atoms with Crippen LogP contribution in [0, 0.1) is 0 Å². The lowest BCUT2D eigenvalue weighted by Gasteiger charge is -2.21. The van der Waals surface area contributed by atoms with Gasteiger partial charge in [-0.05, 0) is 36.7 Å². The monoisotopic (exact) mass is 283 g/mol. The van der Waals surface area contributed by atoms with Crippen LogP contribution in [0.25, 0.3) is 0 Å². The van der Waals surface area contributed by atoms with E-state index in [-0.39, 0.29) is 5.56 Å². The molecule has 0 aliphatic carbocycles. The lowest BCUT2D eigenvalue weighted by Crippen LogP contribution is -2.25. The van der Waals surface area contributed by atoms with Crippen molar-refractivity contribution < 1.29 is 17.6 Å². The molecule has 1 unspecified atom stereocenters. The van der Waals surface area contributed by atoms with E-state index >= 15 is 0 Å². The molecule has 5 heteroatoms. The number of hydrogen-bond acceptors (Lipinski definition) is 2. The van der Waals surface area contributed by atoms with Crippen molar-refractivity contribution in [3.63, 3.8) is 0 Å². The minimum atomic E-state index is -4.38. The number of hydrogen-bond donors (Lipinski definition) is 1. The summed E-state index contributed by atoms with van der Waals surface area (Å²) in [5, 5.41) is 3.11. The van der Waals surface area contributed by atoms with Crippen molar-refractivity contribution in [2.75, 3.05) is 6.54 Å². The molecule has 0 aliphatic rings. The Bertz CT molecular complexity index is 534. The number of benzene rings is 1. The first-order valence-electron chi connectivity index (χ1n) is 6.47. The Balaban J connectivity index is 2.44. The van der Waals surface area contributed by atoms with Crippen LogP contribution in [0.2, 0.25) is 0 Å². The normalized spacial score (nSPS) is 13.4. The number of halogens is 3. The van der Waals surface area contributed by atoms with Gasteiger partial charge >= 0.3 is 6.18 Å². The fourth-order valence-electron chi connectivity index (χ4n) is 2.11. The topological polar surface area (TPSA) is 25.2 Å². The number of alkyl halides is 3. The molecule has 0 saturated carbocycles. The van der Waals surface area contributed by atoms with E-state index in [9.17, 15) is 13.2 Å². The first-order valence-corrected chi connectivity index (χ1v) is 6.47. The van der Waals surface area contributed by atoms with Crippen molar-refractivity contribution in [2.24, 2.45) is 0 Å². The van der Waals surface area contributed by atoms with Gasteiger partial charge in [-0.1, -0.05) is 25.1 Å². The predicted molar refractivity (Wildman–Crippen MR) is 70.3 cm³/mol. The van der Waals surface area contributed by atoms with Crippen molar-refractivity contribution in [1.29, 1.82) is 0 Å². The summed E-state index contributed by atoms with van der Waals surface area (Å²) in [5.41, 5.74) is -0.451. The summed E-state index contributed by atoms with van der Waals surface area (Å²) in [5.74, 6) is 0.482. The predicted octanol–water partition coefficient (Wildman–Crippen LogP) is 4.39. The molecule has 1 aromatic heterocycles. The Morgan fingerprint density at radius 2 is 1.90 bits per heavy atom. The zero-order chi connectivity index (χ0) is 14.6. The molecular weight excluding hydrogens is 267 g/mol. The van der Waals surface area contributed by atoms with Gasteiger partial charge in [0, 0.05) is 0 Å². The van der Waals surface area contributed by atoms with Crippen LogP contribution >= 0.6 is 0 Å². The van der Waals surface area contributed by atoms with Gasteiger partial charge in [0.25, 0.3) is 0 Å². The Morgan fingerprint density at radius 1 is 1.15 bits per heavy atom. The lowest BCUT2D eigenvalue weighted by molar-refractivity contribution is -0.138. The van der Waals surface area contributed by atoms with E-state index < -0.39 is 17.8 Å². The largest absolute Gasteiger partial charge is 0.467 e. The molecule has 0 saturated heterocycles. The second-order valence-electron chi connectivity index (χ2n) is 4.49. The number of nitrogens with one attached hydrogen (secondary N) is 1. The zero-order valence-electron chi connectivity index (χ0n) is 11.1. The van der Waals surface area contributed by atoms with Gasteiger partial charge in [0.05, 0.1) is 17.9 Å². The standard InChI is InChI=1S/C15H16F3NO/c1-2-9-19-14(13-8-5-10-20-13)11-6-3-4-7-12(11)15(16,17)18/h3-8,10,14,19H,2,9H2,1H3. The summed E-state index contributed by atoms with van der Waals surface area (Å²) in [7, 11) is 0. The molecular formula is C15H16F3NO. The molecule has 1 N–H and O–H groups in total. The fourth-order valence-corrected chi connectivity index (χ4v) is 2.11. The van der Waals surface area contributed by atoms with E-state index in [1.54, 1.807) is 18.2 Å². The van der Waals surface area contributed by atoms with E-state index in [1.807, 2.05) is 6.92 Å². The van der Waals surface area contributed by atoms with E-state index in [2.05, 4.69) is 5.32 Å². The van der Waals surface area contributed by atoms with Crippen molar-refractivity contribution in [3.8, 4) is 0 Å². The quantitative estimate of drug-likeness (QED) is 0.880. The Labute approximate surface area is 115 Å². The van der Waals surface area contributed by atoms with Crippen LogP contribution in [-0.4, -0.2) is 6.54 Å². The summed E-state index contributed by atoms with van der Waals surface area (Å²) >= 11 is 0. The van der Waals surface area contributed by atoms with Crippen LogP contribution in [0.4, 0.5) is 13.2 Å². The first kappa shape index (κ1) is 14.7. The minimum Gasteiger partial charge on any atom is -0.467 e. The SMILES string of the molecule is CCCNC(c1ccco1)c1ccccc1C(F)(F)F. The molecule has 2 rings (SSSR count). The van der Waals surface area contributed by atoms with Crippen molar-refractivity contribution in [1.82, 2.24) is 5.32 Å². The Hall–Kier alpha value is -1.75. The summed E-state index contributed by atoms with van der Waals surface area (Å²) in [6, 6.07) is 8.34. The van der Waals surface area contributed by atoms with Crippen molar-refractivity contribution >= 4 is 0 Å². The van der Waals surface area contributed by atoms with Gasteiger partial charge in [0.1, 0.15) is 5.76 Å². The second-order valence-corrected chi connectivity index (χ2v) is 4.49. The summed E-state index contributed by atoms with van der Waals surface area (Å²) in [6.45, 7) is 2.57. The van der Waals surface area contributed by atoms with Crippen LogP contribution in [0.15, 0.2) is 47.1 Å². The number of furan rings is 1. The van der Waals surface area contributed by atoms with Crippen LogP contribution in [0.5, 0.6) is 0 Å². The van der Waals surface area contributed by atoms with Crippen LogP contribution in [0.1, 0.15) is 36.3 Å². The van der Waals surface area contributed by atoms with Gasteiger partial charge < -0.3 is 9.73 Å². The summed E-state index contributed by atoms with van der Waals surface area (Å²) in [4.78, 5) is 0. The Morgan fingerprint density at radius 3 is 2.50 bits per heavy atom. The molecule has 0 spiro atoms. The molecule has 2 nitrogen and oxygen atoms in total. The molecule has 108 valence electrons. The maximum absolute atomic E-state index is 13.1. The maximum atomic E-state index is 13.1. The highest BCUT2D eigenvalue weighted by atomic mass is 19.4. The second kappa shape index (κ2) is 6.13. The molecule has 1 aromatic carbocycles. The average molecular weight is 283 g/mol. The molecule has 0 fully saturated rings. The zero-order valence-corrected chi connectivity index (χ0v) is 11.1. The molecule has 0 aliphatic heterocycles. The van der Waals surface area contributed by atoms with Crippen LogP contribution in [-0.2, 0) is 6.18 Å². The molecule has 0 bridgehead atoms. The van der Waals surface area contributed by atoms with Gasteiger partial charge in [-0.3, -0.25) is 0 Å². The maximum Gasteiger partial charge on any atom is 0.416 e. The van der Waals surface area contributed by atoms with E-state index in [1.165, 1.54) is 18.4 Å². The Kier molecular flexibility index (Phi) is 4.49. The highest BCUT2D eigenvalue weighted by Crippen LogP contribution is 2.36. The average Bonchev–Trinajstić information content (AvgIpc) is 2.92. The highest BCUT2D eigenvalue weighted by molar-refractivity contribution is 5.36. The molecule has 0 radical (unpaired) electrons. The van der Waals surface area contributed by atoms with E-state index in [0.717, 1.165) is 12.5 Å². The summed E-state index contributed by atoms with van der Waals surface area (Å²) in [6.07, 6.45) is -2.09. The third-order valence-electron chi connectivity index (χ3n) is 3.00. The minimum absolute atomic E-state index is 0.184. The van der Waals surface area contributed by atoms with Crippen LogP contribution in [0.3, 0.4) is 0 Å². The summed E-state index contributed by atoms with van der Waals surface area (Å²) < 4.78 is 44.6.